The van der Waals surface area contributed by atoms with Crippen LogP contribution in [0.1, 0.15) is 41.3 Å². The second-order valence-corrected chi connectivity index (χ2v) is 11.1. The molecule has 2 aliphatic rings. The van der Waals surface area contributed by atoms with Crippen molar-refractivity contribution in [1.29, 1.82) is 0 Å². The van der Waals surface area contributed by atoms with E-state index < -0.39 is 23.3 Å². The monoisotopic (exact) mass is 539 g/mol. The number of fused-ring (bicyclic) bond motifs is 2. The number of benzene rings is 1. The van der Waals surface area contributed by atoms with E-state index in [9.17, 15) is 18.0 Å². The Morgan fingerprint density at radius 1 is 1.33 bits per heavy atom. The molecule has 36 heavy (non-hydrogen) atoms. The summed E-state index contributed by atoms with van der Waals surface area (Å²) in [6, 6.07) is 10.1. The molecule has 2 aliphatic heterocycles. The molecule has 11 heteroatoms. The number of hydrogen-bond donors (Lipinski definition) is 0. The number of nitrogens with zero attached hydrogens (tertiary/aromatic N) is 3. The Labute approximate surface area is 215 Å². The zero-order chi connectivity index (χ0) is 25.7. The molecule has 192 valence electrons. The molecular weight excluding hydrogens is 515 g/mol. The summed E-state index contributed by atoms with van der Waals surface area (Å²) in [5.41, 5.74) is -0.530. The van der Waals surface area contributed by atoms with Crippen molar-refractivity contribution in [1.82, 2.24) is 14.7 Å². The SMILES string of the molecule is C[C@H]1C[C@@]2(CCN1Cc1cnn(C)c1)OCC(OC(=O)C(F)(F)F)(c1ccccc1)c1cc(Cl)sc12. The van der Waals surface area contributed by atoms with Crippen LogP contribution in [0.4, 0.5) is 13.2 Å². The number of alkyl halides is 3. The van der Waals surface area contributed by atoms with E-state index >= 15 is 0 Å². The maximum absolute atomic E-state index is 13.3. The maximum Gasteiger partial charge on any atom is 0.490 e. The average molecular weight is 540 g/mol. The van der Waals surface area contributed by atoms with Gasteiger partial charge in [-0.15, -0.1) is 11.3 Å². The number of thiophene rings is 1. The molecule has 3 aromatic rings. The van der Waals surface area contributed by atoms with Gasteiger partial charge in [0.05, 0.1) is 17.1 Å². The zero-order valence-corrected chi connectivity index (χ0v) is 21.3. The molecule has 0 saturated carbocycles. The number of rotatable bonds is 4. The minimum atomic E-state index is -5.15. The fourth-order valence-corrected chi connectivity index (χ4v) is 6.78. The predicted molar refractivity (Wildman–Crippen MR) is 129 cm³/mol. The number of piperidine rings is 1. The van der Waals surface area contributed by atoms with Gasteiger partial charge in [-0.1, -0.05) is 41.9 Å². The van der Waals surface area contributed by atoms with Crippen molar-refractivity contribution in [3.05, 3.63) is 74.7 Å². The van der Waals surface area contributed by atoms with E-state index in [-0.39, 0.29) is 12.6 Å². The van der Waals surface area contributed by atoms with Gasteiger partial charge in [0.1, 0.15) is 5.60 Å². The van der Waals surface area contributed by atoms with E-state index in [4.69, 9.17) is 21.1 Å². The summed E-state index contributed by atoms with van der Waals surface area (Å²) >= 11 is 7.72. The fraction of sp³-hybridized carbons (Fsp3) is 0.440. The lowest BCUT2D eigenvalue weighted by atomic mass is 9.76. The molecule has 1 fully saturated rings. The third-order valence-corrected chi connectivity index (χ3v) is 8.49. The lowest BCUT2D eigenvalue weighted by molar-refractivity contribution is -0.226. The molecular formula is C25H25ClF3N3O3S. The summed E-state index contributed by atoms with van der Waals surface area (Å²) in [7, 11) is 1.88. The number of aromatic nitrogens is 2. The molecule has 0 bridgehead atoms. The second kappa shape index (κ2) is 9.16. The van der Waals surface area contributed by atoms with Crippen LogP contribution >= 0.6 is 22.9 Å². The Morgan fingerprint density at radius 3 is 2.72 bits per heavy atom. The normalized spacial score (nSPS) is 26.7. The highest BCUT2D eigenvalue weighted by atomic mass is 35.5. The Morgan fingerprint density at radius 2 is 2.08 bits per heavy atom. The highest BCUT2D eigenvalue weighted by Gasteiger charge is 2.56. The van der Waals surface area contributed by atoms with Gasteiger partial charge in [-0.2, -0.15) is 18.3 Å². The third-order valence-electron chi connectivity index (χ3n) is 7.04. The predicted octanol–water partition coefficient (Wildman–Crippen LogP) is 5.39. The van der Waals surface area contributed by atoms with E-state index in [1.807, 2.05) is 19.4 Å². The standard InChI is InChI=1S/C25H25ClF3N3O3S/c1-16-11-23(8-9-32(16)14-17-12-30-31(2)13-17)21-19(10-20(26)36-21)24(15-34-23,18-6-4-3-5-7-18)35-22(33)25(27,28)29/h3-7,10,12-13,16H,8-9,11,14-15H2,1-2H3/t16-,23+,24?/m0/s1. The number of carbonyl (C=O) groups is 1. The molecule has 1 aromatic carbocycles. The van der Waals surface area contributed by atoms with Crippen molar-refractivity contribution in [3.63, 3.8) is 0 Å². The molecule has 0 N–H and O–H groups in total. The Kier molecular flexibility index (Phi) is 6.43. The average Bonchev–Trinajstić information content (AvgIpc) is 3.44. The van der Waals surface area contributed by atoms with Gasteiger partial charge < -0.3 is 9.47 Å². The van der Waals surface area contributed by atoms with Crippen LogP contribution < -0.4 is 0 Å². The van der Waals surface area contributed by atoms with Crippen molar-refractivity contribution in [2.75, 3.05) is 13.2 Å². The van der Waals surface area contributed by atoms with E-state index in [0.29, 0.717) is 39.7 Å². The summed E-state index contributed by atoms with van der Waals surface area (Å²) in [6.45, 7) is 3.32. The first kappa shape index (κ1) is 25.3. The quantitative estimate of drug-likeness (QED) is 0.416. The number of carbonyl (C=O) groups excluding carboxylic acids is 1. The van der Waals surface area contributed by atoms with Crippen LogP contribution in [0.3, 0.4) is 0 Å². The van der Waals surface area contributed by atoms with E-state index in [1.54, 1.807) is 41.1 Å². The van der Waals surface area contributed by atoms with Gasteiger partial charge in [0, 0.05) is 53.9 Å². The van der Waals surface area contributed by atoms with Crippen LogP contribution in [0.2, 0.25) is 4.34 Å². The molecule has 0 radical (unpaired) electrons. The number of halogens is 4. The van der Waals surface area contributed by atoms with Crippen molar-refractivity contribution < 1.29 is 27.4 Å². The number of ether oxygens (including phenoxy) is 2. The van der Waals surface area contributed by atoms with E-state index in [2.05, 4.69) is 16.9 Å². The molecule has 3 atom stereocenters. The van der Waals surface area contributed by atoms with Gasteiger partial charge in [0.15, 0.2) is 5.60 Å². The summed E-state index contributed by atoms with van der Waals surface area (Å²) < 4.78 is 53.9. The number of aryl methyl sites for hydroxylation is 1. The van der Waals surface area contributed by atoms with Crippen molar-refractivity contribution in [2.24, 2.45) is 7.05 Å². The molecule has 6 nitrogen and oxygen atoms in total. The highest BCUT2D eigenvalue weighted by Crippen LogP contribution is 2.55. The smallest absolute Gasteiger partial charge is 0.440 e. The van der Waals surface area contributed by atoms with Gasteiger partial charge in [0.25, 0.3) is 0 Å². The van der Waals surface area contributed by atoms with Crippen LogP contribution in [0.25, 0.3) is 0 Å². The van der Waals surface area contributed by atoms with Crippen molar-refractivity contribution in [2.45, 2.75) is 49.7 Å². The topological polar surface area (TPSA) is 56.6 Å². The molecule has 0 amide bonds. The molecule has 1 spiro atoms. The number of esters is 1. The summed E-state index contributed by atoms with van der Waals surface area (Å²) in [6.07, 6.45) is -0.0824. The molecule has 4 heterocycles. The van der Waals surface area contributed by atoms with Crippen LogP contribution in [0.15, 0.2) is 48.8 Å². The van der Waals surface area contributed by atoms with Gasteiger partial charge >= 0.3 is 12.1 Å². The van der Waals surface area contributed by atoms with Crippen LogP contribution in [0, 0.1) is 0 Å². The molecule has 0 aliphatic carbocycles. The van der Waals surface area contributed by atoms with Gasteiger partial charge in [-0.3, -0.25) is 9.58 Å². The Bertz CT molecular complexity index is 1260. The summed E-state index contributed by atoms with van der Waals surface area (Å²) in [5.74, 6) is -2.26. The maximum atomic E-state index is 13.3. The largest absolute Gasteiger partial charge is 0.490 e. The summed E-state index contributed by atoms with van der Waals surface area (Å²) in [4.78, 5) is 15.2. The Hall–Kier alpha value is -2.40. The summed E-state index contributed by atoms with van der Waals surface area (Å²) in [5, 5.41) is 4.24. The molecule has 1 saturated heterocycles. The van der Waals surface area contributed by atoms with Crippen LogP contribution in [-0.2, 0) is 39.1 Å². The number of hydrogen-bond acceptors (Lipinski definition) is 6. The van der Waals surface area contributed by atoms with E-state index in [1.165, 1.54) is 11.3 Å². The van der Waals surface area contributed by atoms with E-state index in [0.717, 1.165) is 12.1 Å². The first-order valence-corrected chi connectivity index (χ1v) is 12.7. The van der Waals surface area contributed by atoms with Gasteiger partial charge in [-0.25, -0.2) is 4.79 Å². The minimum Gasteiger partial charge on any atom is -0.440 e. The van der Waals surface area contributed by atoms with Crippen molar-refractivity contribution in [3.8, 4) is 0 Å². The van der Waals surface area contributed by atoms with Crippen LogP contribution in [0.5, 0.6) is 0 Å². The molecule has 2 aromatic heterocycles. The molecule has 5 rings (SSSR count). The van der Waals surface area contributed by atoms with Crippen LogP contribution in [-0.4, -0.2) is 46.0 Å². The number of likely N-dealkylation sites (tertiary alicyclic amines) is 1. The zero-order valence-electron chi connectivity index (χ0n) is 19.7. The fourth-order valence-electron chi connectivity index (χ4n) is 5.30. The first-order valence-electron chi connectivity index (χ1n) is 11.5. The first-order chi connectivity index (χ1) is 17.0. The highest BCUT2D eigenvalue weighted by molar-refractivity contribution is 7.16. The molecule has 1 unspecified atom stereocenters. The minimum absolute atomic E-state index is 0.120. The Balaban J connectivity index is 1.51. The lowest BCUT2D eigenvalue weighted by Crippen LogP contribution is -2.54. The van der Waals surface area contributed by atoms with Crippen molar-refractivity contribution >= 4 is 28.9 Å². The van der Waals surface area contributed by atoms with Gasteiger partial charge in [-0.05, 0) is 25.8 Å². The van der Waals surface area contributed by atoms with Gasteiger partial charge in [0.2, 0.25) is 0 Å². The second-order valence-electron chi connectivity index (χ2n) is 9.45. The lowest BCUT2D eigenvalue weighted by Gasteiger charge is -2.50. The third kappa shape index (κ3) is 4.44.